The van der Waals surface area contributed by atoms with Gasteiger partial charge in [0.05, 0.1) is 6.54 Å². The first kappa shape index (κ1) is 13.5. The summed E-state index contributed by atoms with van der Waals surface area (Å²) in [6.45, 7) is 0.580. The summed E-state index contributed by atoms with van der Waals surface area (Å²) in [5, 5.41) is 8.21. The van der Waals surface area contributed by atoms with Crippen LogP contribution in [0.3, 0.4) is 0 Å². The summed E-state index contributed by atoms with van der Waals surface area (Å²) in [5.41, 5.74) is 1.06. The van der Waals surface area contributed by atoms with E-state index in [1.54, 1.807) is 10.9 Å². The minimum Gasteiger partial charge on any atom is -0.308 e. The molecule has 3 rings (SSSR count). The van der Waals surface area contributed by atoms with Crippen molar-refractivity contribution in [1.82, 2.24) is 9.78 Å². The van der Waals surface area contributed by atoms with E-state index in [1.165, 1.54) is 0 Å². The minimum absolute atomic E-state index is 0.00337. The molecule has 0 unspecified atom stereocenters. The molecule has 1 heterocycles. The predicted molar refractivity (Wildman–Crippen MR) is 79.1 cm³/mol. The lowest BCUT2D eigenvalue weighted by atomic mass is 10.2. The van der Waals surface area contributed by atoms with Gasteiger partial charge in [-0.05, 0) is 30.5 Å². The van der Waals surface area contributed by atoms with Crippen molar-refractivity contribution in [3.05, 3.63) is 46.1 Å². The molecule has 20 heavy (non-hydrogen) atoms. The molecule has 1 aromatic heterocycles. The van der Waals surface area contributed by atoms with Crippen molar-refractivity contribution in [3.8, 4) is 0 Å². The van der Waals surface area contributed by atoms with Gasteiger partial charge < -0.3 is 5.32 Å². The summed E-state index contributed by atoms with van der Waals surface area (Å²) in [4.78, 5) is 11.7. The summed E-state index contributed by atoms with van der Waals surface area (Å²) >= 11 is 11.9. The fourth-order valence-corrected chi connectivity index (χ4v) is 2.23. The Morgan fingerprint density at radius 2 is 2.00 bits per heavy atom. The summed E-state index contributed by atoms with van der Waals surface area (Å²) in [5.74, 6) is 0.564. The van der Waals surface area contributed by atoms with Crippen molar-refractivity contribution in [3.63, 3.8) is 0 Å². The average molecular weight is 310 g/mol. The van der Waals surface area contributed by atoms with Crippen LogP contribution in [0.25, 0.3) is 0 Å². The molecule has 1 saturated carbocycles. The standard InChI is InChI=1S/C14H13Cl2N3O/c15-11-5-1-9(2-6-11)7-19-8-12(16)13(18-19)17-14(20)10-3-4-10/h1-2,5-6,8,10H,3-4,7H2,(H,17,18,20). The molecule has 0 spiro atoms. The van der Waals surface area contributed by atoms with E-state index in [0.29, 0.717) is 22.4 Å². The zero-order chi connectivity index (χ0) is 14.1. The van der Waals surface area contributed by atoms with Gasteiger partial charge in [-0.2, -0.15) is 5.10 Å². The van der Waals surface area contributed by atoms with Crippen molar-refractivity contribution in [1.29, 1.82) is 0 Å². The minimum atomic E-state index is 0.00337. The first-order chi connectivity index (χ1) is 9.61. The van der Waals surface area contributed by atoms with Crippen molar-refractivity contribution in [2.24, 2.45) is 5.92 Å². The Bertz CT molecular complexity index is 632. The molecule has 1 aliphatic carbocycles. The Hall–Kier alpha value is -1.52. The Morgan fingerprint density at radius 1 is 1.30 bits per heavy atom. The number of amides is 1. The molecule has 1 aliphatic rings. The quantitative estimate of drug-likeness (QED) is 0.938. The molecular formula is C14H13Cl2N3O. The number of hydrogen-bond acceptors (Lipinski definition) is 2. The number of benzene rings is 1. The molecule has 6 heteroatoms. The largest absolute Gasteiger partial charge is 0.308 e. The molecular weight excluding hydrogens is 297 g/mol. The van der Waals surface area contributed by atoms with Crippen LogP contribution in [0.4, 0.5) is 5.82 Å². The molecule has 0 bridgehead atoms. The molecule has 0 aliphatic heterocycles. The molecule has 4 nitrogen and oxygen atoms in total. The maximum absolute atomic E-state index is 11.7. The number of nitrogens with zero attached hydrogens (tertiary/aromatic N) is 2. The lowest BCUT2D eigenvalue weighted by Gasteiger charge is -2.02. The molecule has 0 atom stereocenters. The van der Waals surface area contributed by atoms with Gasteiger partial charge >= 0.3 is 0 Å². The van der Waals surface area contributed by atoms with E-state index in [4.69, 9.17) is 23.2 Å². The van der Waals surface area contributed by atoms with Gasteiger partial charge in [-0.15, -0.1) is 0 Å². The van der Waals surface area contributed by atoms with Crippen molar-refractivity contribution >= 4 is 34.9 Å². The second-order valence-corrected chi connectivity index (χ2v) is 5.76. The van der Waals surface area contributed by atoms with Gasteiger partial charge in [0.25, 0.3) is 0 Å². The number of anilines is 1. The number of rotatable bonds is 4. The highest BCUT2D eigenvalue weighted by molar-refractivity contribution is 6.33. The zero-order valence-corrected chi connectivity index (χ0v) is 12.2. The Balaban J connectivity index is 1.71. The number of halogens is 2. The fourth-order valence-electron chi connectivity index (χ4n) is 1.90. The van der Waals surface area contributed by atoms with Gasteiger partial charge in [0.2, 0.25) is 5.91 Å². The maximum Gasteiger partial charge on any atom is 0.228 e. The van der Waals surface area contributed by atoms with Gasteiger partial charge in [-0.3, -0.25) is 9.48 Å². The van der Waals surface area contributed by atoms with Crippen molar-refractivity contribution in [2.75, 3.05) is 5.32 Å². The number of carbonyl (C=O) groups is 1. The number of hydrogen-bond donors (Lipinski definition) is 1. The number of nitrogens with one attached hydrogen (secondary N) is 1. The van der Waals surface area contributed by atoms with Crippen LogP contribution < -0.4 is 5.32 Å². The molecule has 1 amide bonds. The third kappa shape index (κ3) is 3.14. The molecule has 1 fully saturated rings. The average Bonchev–Trinajstić information content (AvgIpc) is 3.20. The van der Waals surface area contributed by atoms with Crippen molar-refractivity contribution in [2.45, 2.75) is 19.4 Å². The van der Waals surface area contributed by atoms with Crippen LogP contribution in [0.2, 0.25) is 10.0 Å². The first-order valence-electron chi connectivity index (χ1n) is 6.40. The van der Waals surface area contributed by atoms with Gasteiger partial charge in [0.1, 0.15) is 5.02 Å². The maximum atomic E-state index is 11.7. The smallest absolute Gasteiger partial charge is 0.228 e. The van der Waals surface area contributed by atoms with Crippen LogP contribution in [0, 0.1) is 5.92 Å². The molecule has 2 aromatic rings. The number of aromatic nitrogens is 2. The van der Waals surface area contributed by atoms with Crippen LogP contribution in [0.15, 0.2) is 30.5 Å². The highest BCUT2D eigenvalue weighted by atomic mass is 35.5. The lowest BCUT2D eigenvalue weighted by molar-refractivity contribution is -0.117. The molecule has 0 saturated heterocycles. The van der Waals surface area contributed by atoms with Crippen LogP contribution in [-0.2, 0) is 11.3 Å². The lowest BCUT2D eigenvalue weighted by Crippen LogP contribution is -2.14. The predicted octanol–water partition coefficient (Wildman–Crippen LogP) is 3.59. The van der Waals surface area contributed by atoms with Gasteiger partial charge in [0.15, 0.2) is 5.82 Å². The van der Waals surface area contributed by atoms with E-state index in [-0.39, 0.29) is 11.8 Å². The van der Waals surface area contributed by atoms with E-state index >= 15 is 0 Å². The van der Waals surface area contributed by atoms with E-state index in [0.717, 1.165) is 18.4 Å². The molecule has 1 aromatic carbocycles. The number of carbonyl (C=O) groups excluding carboxylic acids is 1. The Kier molecular flexibility index (Phi) is 3.68. The summed E-state index contributed by atoms with van der Waals surface area (Å²) in [6, 6.07) is 7.52. The van der Waals surface area contributed by atoms with Gasteiger partial charge in [0, 0.05) is 17.1 Å². The van der Waals surface area contributed by atoms with E-state index < -0.39 is 0 Å². The Labute approximate surface area is 126 Å². The highest BCUT2D eigenvalue weighted by Gasteiger charge is 2.30. The van der Waals surface area contributed by atoms with E-state index in [1.807, 2.05) is 24.3 Å². The molecule has 1 N–H and O–H groups in total. The SMILES string of the molecule is O=C(Nc1nn(Cc2ccc(Cl)cc2)cc1Cl)C1CC1. The van der Waals surface area contributed by atoms with E-state index in [9.17, 15) is 4.79 Å². The summed E-state index contributed by atoms with van der Waals surface area (Å²) < 4.78 is 1.70. The molecule has 0 radical (unpaired) electrons. The fraction of sp³-hybridized carbons (Fsp3) is 0.286. The molecule has 104 valence electrons. The Morgan fingerprint density at radius 3 is 2.65 bits per heavy atom. The third-order valence-corrected chi connectivity index (χ3v) is 3.69. The second-order valence-electron chi connectivity index (χ2n) is 4.91. The van der Waals surface area contributed by atoms with Gasteiger partial charge in [-0.1, -0.05) is 35.3 Å². The summed E-state index contributed by atoms with van der Waals surface area (Å²) in [6.07, 6.45) is 3.61. The summed E-state index contributed by atoms with van der Waals surface area (Å²) in [7, 11) is 0. The van der Waals surface area contributed by atoms with Crippen LogP contribution in [0.5, 0.6) is 0 Å². The van der Waals surface area contributed by atoms with E-state index in [2.05, 4.69) is 10.4 Å². The van der Waals surface area contributed by atoms with Crippen LogP contribution >= 0.6 is 23.2 Å². The van der Waals surface area contributed by atoms with Crippen LogP contribution in [0.1, 0.15) is 18.4 Å². The topological polar surface area (TPSA) is 46.9 Å². The van der Waals surface area contributed by atoms with Gasteiger partial charge in [-0.25, -0.2) is 0 Å². The first-order valence-corrected chi connectivity index (χ1v) is 7.15. The van der Waals surface area contributed by atoms with Crippen molar-refractivity contribution < 1.29 is 4.79 Å². The monoisotopic (exact) mass is 309 g/mol. The third-order valence-electron chi connectivity index (χ3n) is 3.16. The normalized spacial score (nSPS) is 14.3. The second kappa shape index (κ2) is 5.46. The zero-order valence-electron chi connectivity index (χ0n) is 10.6. The van der Waals surface area contributed by atoms with Crippen LogP contribution in [-0.4, -0.2) is 15.7 Å². The highest BCUT2D eigenvalue weighted by Crippen LogP contribution is 2.31.